The summed E-state index contributed by atoms with van der Waals surface area (Å²) in [6, 6.07) is 79.6. The van der Waals surface area contributed by atoms with Crippen LogP contribution in [-0.2, 0) is 0 Å². The van der Waals surface area contributed by atoms with E-state index in [1.54, 1.807) is 0 Å². The highest BCUT2D eigenvalue weighted by Gasteiger charge is 2.18. The van der Waals surface area contributed by atoms with Crippen LogP contribution in [0.4, 0.5) is 0 Å². The largest absolute Gasteiger partial charge is 0.247 e. The van der Waals surface area contributed by atoms with Crippen LogP contribution < -0.4 is 0 Å². The van der Waals surface area contributed by atoms with Crippen LogP contribution in [-0.4, -0.2) is 15.0 Å². The summed E-state index contributed by atoms with van der Waals surface area (Å²) in [5, 5.41) is 6.18. The summed E-state index contributed by atoms with van der Waals surface area (Å²) in [5.74, 6) is 0.684. The lowest BCUT2D eigenvalue weighted by atomic mass is 9.94. The molecule has 0 N–H and O–H groups in total. The third-order valence-electron chi connectivity index (χ3n) is 12.1. The van der Waals surface area contributed by atoms with Crippen LogP contribution in [0.2, 0.25) is 0 Å². The summed E-state index contributed by atoms with van der Waals surface area (Å²) in [5.41, 5.74) is 14.7. The van der Waals surface area contributed by atoms with E-state index in [1.165, 1.54) is 36.5 Å². The van der Waals surface area contributed by atoms with Crippen molar-refractivity contribution >= 4 is 53.2 Å². The summed E-state index contributed by atoms with van der Waals surface area (Å²) in [7, 11) is 0. The Kier molecular flexibility index (Phi) is 9.02. The summed E-state index contributed by atoms with van der Waals surface area (Å²) in [6.07, 6.45) is 0. The van der Waals surface area contributed by atoms with E-state index >= 15 is 0 Å². The number of rotatable bonds is 7. The maximum atomic E-state index is 5.41. The minimum atomic E-state index is 0.684. The Bertz CT molecular complexity index is 3550. The molecule has 0 aliphatic rings. The van der Waals surface area contributed by atoms with Crippen molar-refractivity contribution in [1.82, 2.24) is 15.0 Å². The smallest absolute Gasteiger partial charge is 0.160 e. The molecule has 0 unspecified atom stereocenters. The van der Waals surface area contributed by atoms with Crippen molar-refractivity contribution in [2.24, 2.45) is 0 Å². The fourth-order valence-electron chi connectivity index (χ4n) is 8.97. The van der Waals surface area contributed by atoms with Crippen LogP contribution in [0, 0.1) is 0 Å². The van der Waals surface area contributed by atoms with Gasteiger partial charge in [-0.1, -0.05) is 188 Å². The number of hydrogen-bond donors (Lipinski definition) is 0. The number of fused-ring (bicyclic) bond motifs is 7. The molecule has 0 bridgehead atoms. The molecule has 63 heavy (non-hydrogen) atoms. The highest BCUT2D eigenvalue weighted by molar-refractivity contribution is 7.26. The van der Waals surface area contributed by atoms with Crippen LogP contribution in [0.25, 0.3) is 120 Å². The standard InChI is InChI=1S/C59H37N3S/c1-4-14-38(15-5-1)43-20-12-22-46(34-43)52-37-51(61-59(62-52)47-23-13-21-44(35-47)39-16-6-2-7-17-39)41-28-26-40(27-29-41)45-30-31-48-53(36-45)60-58(42-18-8-3-9-19-42)50-32-33-55-57(56(48)50)49-24-10-11-25-54(49)63-55/h1-37H. The van der Waals surface area contributed by atoms with Gasteiger partial charge in [-0.05, 0) is 69.8 Å². The Morgan fingerprint density at radius 3 is 1.49 bits per heavy atom. The maximum Gasteiger partial charge on any atom is 0.160 e. The topological polar surface area (TPSA) is 38.7 Å². The van der Waals surface area contributed by atoms with Crippen LogP contribution in [0.1, 0.15) is 0 Å². The van der Waals surface area contributed by atoms with Gasteiger partial charge in [-0.3, -0.25) is 0 Å². The molecular formula is C59H37N3S. The van der Waals surface area contributed by atoms with Crippen molar-refractivity contribution in [2.75, 3.05) is 0 Å². The molecule has 0 saturated carbocycles. The fourth-order valence-corrected chi connectivity index (χ4v) is 10.1. The second-order valence-corrected chi connectivity index (χ2v) is 17.0. The first-order valence-electron chi connectivity index (χ1n) is 21.2. The summed E-state index contributed by atoms with van der Waals surface area (Å²) in [6.45, 7) is 0. The second kappa shape index (κ2) is 15.4. The van der Waals surface area contributed by atoms with E-state index < -0.39 is 0 Å². The number of pyridine rings is 1. The highest BCUT2D eigenvalue weighted by atomic mass is 32.1. The Labute approximate surface area is 369 Å². The van der Waals surface area contributed by atoms with Gasteiger partial charge in [0, 0.05) is 58.6 Å². The molecule has 0 amide bonds. The fraction of sp³-hybridized carbons (Fsp3) is 0. The predicted molar refractivity (Wildman–Crippen MR) is 266 cm³/mol. The molecule has 0 saturated heterocycles. The zero-order valence-electron chi connectivity index (χ0n) is 34.1. The van der Waals surface area contributed by atoms with Crippen molar-refractivity contribution in [3.8, 4) is 78.5 Å². The molecule has 0 radical (unpaired) electrons. The van der Waals surface area contributed by atoms with Crippen molar-refractivity contribution < 1.29 is 0 Å². The van der Waals surface area contributed by atoms with Gasteiger partial charge in [0.1, 0.15) is 0 Å². The number of thiophene rings is 1. The first-order chi connectivity index (χ1) is 31.2. The van der Waals surface area contributed by atoms with Crippen LogP contribution in [0.5, 0.6) is 0 Å². The van der Waals surface area contributed by atoms with E-state index in [0.29, 0.717) is 5.82 Å². The van der Waals surface area contributed by atoms with E-state index in [9.17, 15) is 0 Å². The number of nitrogens with zero attached hydrogens (tertiary/aromatic N) is 3. The molecule has 3 nitrogen and oxygen atoms in total. The lowest BCUT2D eigenvalue weighted by Gasteiger charge is -2.13. The predicted octanol–water partition coefficient (Wildman–Crippen LogP) is 16.2. The SMILES string of the molecule is c1ccc(-c2cccc(-c3cc(-c4ccc(-c5ccc6c(c5)nc(-c5ccccc5)c5ccc7sc8ccccc8c7c56)cc4)nc(-c4cccc(-c5ccccc5)c4)n3)c2)cc1. The molecule has 12 aromatic rings. The van der Waals surface area contributed by atoms with Gasteiger partial charge in [0.15, 0.2) is 5.82 Å². The van der Waals surface area contributed by atoms with Gasteiger partial charge in [0.2, 0.25) is 0 Å². The first kappa shape index (κ1) is 36.8. The molecular weight excluding hydrogens is 783 g/mol. The molecule has 3 heterocycles. The molecule has 0 fully saturated rings. The van der Waals surface area contributed by atoms with Crippen molar-refractivity contribution in [2.45, 2.75) is 0 Å². The summed E-state index contributed by atoms with van der Waals surface area (Å²) in [4.78, 5) is 15.9. The van der Waals surface area contributed by atoms with Gasteiger partial charge in [-0.25, -0.2) is 15.0 Å². The van der Waals surface area contributed by atoms with Gasteiger partial charge in [-0.2, -0.15) is 0 Å². The normalized spacial score (nSPS) is 11.5. The van der Waals surface area contributed by atoms with E-state index in [-0.39, 0.29) is 0 Å². The average Bonchev–Trinajstić information content (AvgIpc) is 3.76. The molecule has 3 aromatic heterocycles. The third-order valence-corrected chi connectivity index (χ3v) is 13.2. The molecule has 12 rings (SSSR count). The molecule has 294 valence electrons. The van der Waals surface area contributed by atoms with E-state index in [2.05, 4.69) is 218 Å². The monoisotopic (exact) mass is 819 g/mol. The number of hydrogen-bond acceptors (Lipinski definition) is 4. The Balaban J connectivity index is 0.977. The Morgan fingerprint density at radius 1 is 0.270 bits per heavy atom. The van der Waals surface area contributed by atoms with E-state index in [0.717, 1.165) is 78.1 Å². The van der Waals surface area contributed by atoms with Crippen molar-refractivity contribution in [3.05, 3.63) is 224 Å². The van der Waals surface area contributed by atoms with Crippen LogP contribution >= 0.6 is 11.3 Å². The van der Waals surface area contributed by atoms with E-state index in [4.69, 9.17) is 15.0 Å². The minimum absolute atomic E-state index is 0.684. The van der Waals surface area contributed by atoms with Gasteiger partial charge in [0.05, 0.1) is 22.6 Å². The molecule has 0 spiro atoms. The quantitative estimate of drug-likeness (QED) is 0.150. The molecule has 0 aliphatic heterocycles. The van der Waals surface area contributed by atoms with Crippen LogP contribution in [0.3, 0.4) is 0 Å². The maximum absolute atomic E-state index is 5.41. The van der Waals surface area contributed by atoms with Crippen molar-refractivity contribution in [1.29, 1.82) is 0 Å². The lowest BCUT2D eigenvalue weighted by molar-refractivity contribution is 1.18. The summed E-state index contributed by atoms with van der Waals surface area (Å²) >= 11 is 1.85. The van der Waals surface area contributed by atoms with Crippen molar-refractivity contribution in [3.63, 3.8) is 0 Å². The van der Waals surface area contributed by atoms with E-state index in [1.807, 2.05) is 17.4 Å². The average molecular weight is 820 g/mol. The zero-order valence-corrected chi connectivity index (χ0v) is 34.9. The van der Waals surface area contributed by atoms with Gasteiger partial charge >= 0.3 is 0 Å². The van der Waals surface area contributed by atoms with Gasteiger partial charge < -0.3 is 0 Å². The molecule has 0 atom stereocenters. The number of aromatic nitrogens is 3. The number of benzene rings is 9. The van der Waals surface area contributed by atoms with Crippen LogP contribution in [0.15, 0.2) is 224 Å². The molecule has 0 aliphatic carbocycles. The minimum Gasteiger partial charge on any atom is -0.247 e. The zero-order chi connectivity index (χ0) is 41.7. The first-order valence-corrected chi connectivity index (χ1v) is 22.1. The molecule has 4 heteroatoms. The highest BCUT2D eigenvalue weighted by Crippen LogP contribution is 2.44. The van der Waals surface area contributed by atoms with Gasteiger partial charge in [-0.15, -0.1) is 11.3 Å². The third kappa shape index (κ3) is 6.74. The second-order valence-electron chi connectivity index (χ2n) is 16.0. The van der Waals surface area contributed by atoms with Gasteiger partial charge in [0.25, 0.3) is 0 Å². The summed E-state index contributed by atoms with van der Waals surface area (Å²) < 4.78 is 2.59. The lowest BCUT2D eigenvalue weighted by Crippen LogP contribution is -1.96. The Morgan fingerprint density at radius 2 is 0.778 bits per heavy atom. The molecule has 9 aromatic carbocycles. The Hall–Kier alpha value is -8.05.